The summed E-state index contributed by atoms with van der Waals surface area (Å²) in [5, 5.41) is 18.4. The Labute approximate surface area is 125 Å². The average molecular weight is 306 g/mol. The Balaban J connectivity index is 2.16. The van der Waals surface area contributed by atoms with E-state index in [2.05, 4.69) is 0 Å². The van der Waals surface area contributed by atoms with Crippen molar-refractivity contribution in [2.45, 2.75) is 6.61 Å². The van der Waals surface area contributed by atoms with Crippen LogP contribution in [0.15, 0.2) is 42.5 Å². The van der Waals surface area contributed by atoms with E-state index in [1.54, 1.807) is 24.3 Å². The minimum atomic E-state index is -0.514. The van der Waals surface area contributed by atoms with Gasteiger partial charge in [-0.15, -0.1) is 0 Å². The number of amidine groups is 1. The number of nitrogens with one attached hydrogen (secondary N) is 1. The molecule has 0 heterocycles. The number of benzene rings is 2. The number of non-ortho nitro benzene ring substituents is 1. The van der Waals surface area contributed by atoms with Gasteiger partial charge in [-0.2, -0.15) is 0 Å². The van der Waals surface area contributed by atoms with Crippen LogP contribution in [0.3, 0.4) is 0 Å². The minimum Gasteiger partial charge on any atom is -0.487 e. The monoisotopic (exact) mass is 305 g/mol. The van der Waals surface area contributed by atoms with Crippen LogP contribution in [0.5, 0.6) is 5.75 Å². The maximum atomic E-state index is 10.7. The Morgan fingerprint density at radius 1 is 1.33 bits per heavy atom. The lowest BCUT2D eigenvalue weighted by molar-refractivity contribution is -0.384. The minimum absolute atomic E-state index is 0.0368. The zero-order chi connectivity index (χ0) is 15.4. The van der Waals surface area contributed by atoms with E-state index in [4.69, 9.17) is 27.5 Å². The van der Waals surface area contributed by atoms with E-state index in [1.165, 1.54) is 18.2 Å². The van der Waals surface area contributed by atoms with Gasteiger partial charge in [0.05, 0.1) is 16.0 Å². The van der Waals surface area contributed by atoms with Crippen molar-refractivity contribution in [3.63, 3.8) is 0 Å². The Hall–Kier alpha value is -2.60. The Bertz CT molecular complexity index is 704. The molecule has 2 aromatic carbocycles. The molecular formula is C14H12ClN3O3. The summed E-state index contributed by atoms with van der Waals surface area (Å²) in [6.45, 7) is 0.169. The Kier molecular flexibility index (Phi) is 4.39. The number of nitrogens with two attached hydrogens (primary N) is 1. The molecule has 0 aromatic heterocycles. The van der Waals surface area contributed by atoms with Gasteiger partial charge in [-0.05, 0) is 17.7 Å². The highest BCUT2D eigenvalue weighted by molar-refractivity contribution is 6.32. The predicted molar refractivity (Wildman–Crippen MR) is 79.9 cm³/mol. The van der Waals surface area contributed by atoms with Crippen molar-refractivity contribution in [3.05, 3.63) is 68.7 Å². The van der Waals surface area contributed by atoms with Crippen LogP contribution in [0.4, 0.5) is 5.69 Å². The number of ether oxygens (including phenoxy) is 1. The van der Waals surface area contributed by atoms with Crippen LogP contribution in [0.2, 0.25) is 5.02 Å². The highest BCUT2D eigenvalue weighted by Crippen LogP contribution is 2.29. The molecule has 0 aliphatic rings. The van der Waals surface area contributed by atoms with Gasteiger partial charge in [-0.3, -0.25) is 15.5 Å². The van der Waals surface area contributed by atoms with Crippen molar-refractivity contribution in [2.24, 2.45) is 5.73 Å². The summed E-state index contributed by atoms with van der Waals surface area (Å²) in [5.74, 6) is 0.198. The van der Waals surface area contributed by atoms with Gasteiger partial charge in [0.15, 0.2) is 0 Å². The molecule has 0 saturated carbocycles. The number of hydrogen-bond acceptors (Lipinski definition) is 4. The van der Waals surface area contributed by atoms with E-state index < -0.39 is 4.92 Å². The van der Waals surface area contributed by atoms with Gasteiger partial charge in [-0.1, -0.05) is 29.8 Å². The fourth-order valence-electron chi connectivity index (χ4n) is 1.71. The summed E-state index contributed by atoms with van der Waals surface area (Å²) >= 11 is 5.95. The van der Waals surface area contributed by atoms with Crippen LogP contribution >= 0.6 is 11.6 Å². The third kappa shape index (κ3) is 3.70. The van der Waals surface area contributed by atoms with Gasteiger partial charge in [-0.25, -0.2) is 0 Å². The predicted octanol–water partition coefficient (Wildman–Crippen LogP) is 3.11. The molecule has 2 rings (SSSR count). The molecule has 108 valence electrons. The Morgan fingerprint density at radius 2 is 2.10 bits per heavy atom. The fraction of sp³-hybridized carbons (Fsp3) is 0.0714. The third-order valence-corrected chi connectivity index (χ3v) is 3.07. The van der Waals surface area contributed by atoms with Crippen LogP contribution in [0.25, 0.3) is 0 Å². The highest BCUT2D eigenvalue weighted by Gasteiger charge is 2.11. The molecule has 0 fully saturated rings. The number of nitro groups is 1. The molecule has 0 aliphatic carbocycles. The lowest BCUT2D eigenvalue weighted by Gasteiger charge is -2.09. The third-order valence-electron chi connectivity index (χ3n) is 2.76. The standard InChI is InChI=1S/C14H12ClN3O3/c15-12-5-4-11(18(19)20)7-13(12)21-8-9-2-1-3-10(6-9)14(16)17/h1-7H,8H2,(H3,16,17). The summed E-state index contributed by atoms with van der Waals surface area (Å²) in [6, 6.07) is 11.0. The number of rotatable bonds is 5. The summed E-state index contributed by atoms with van der Waals surface area (Å²) in [7, 11) is 0. The van der Waals surface area contributed by atoms with Crippen molar-refractivity contribution in [2.75, 3.05) is 0 Å². The van der Waals surface area contributed by atoms with Gasteiger partial charge >= 0.3 is 0 Å². The second-order valence-electron chi connectivity index (χ2n) is 4.27. The van der Waals surface area contributed by atoms with E-state index in [1.807, 2.05) is 0 Å². The number of nitrogen functional groups attached to an aromatic ring is 1. The van der Waals surface area contributed by atoms with Gasteiger partial charge in [0.2, 0.25) is 0 Å². The number of nitrogens with zero attached hydrogens (tertiary/aromatic N) is 1. The van der Waals surface area contributed by atoms with Crippen molar-refractivity contribution >= 4 is 23.1 Å². The largest absolute Gasteiger partial charge is 0.487 e. The summed E-state index contributed by atoms with van der Waals surface area (Å²) in [6.07, 6.45) is 0. The normalized spacial score (nSPS) is 10.1. The van der Waals surface area contributed by atoms with Crippen LogP contribution in [-0.2, 0) is 6.61 Å². The van der Waals surface area contributed by atoms with Crippen molar-refractivity contribution < 1.29 is 9.66 Å². The molecule has 0 spiro atoms. The zero-order valence-electron chi connectivity index (χ0n) is 10.9. The van der Waals surface area contributed by atoms with E-state index in [0.29, 0.717) is 10.6 Å². The first-order valence-corrected chi connectivity index (χ1v) is 6.35. The first kappa shape index (κ1) is 14.8. The second kappa shape index (κ2) is 6.23. The molecule has 0 saturated heterocycles. The molecule has 2 aromatic rings. The summed E-state index contributed by atoms with van der Waals surface area (Å²) in [5.41, 5.74) is 6.69. The molecule has 3 N–H and O–H groups in total. The topological polar surface area (TPSA) is 102 Å². The van der Waals surface area contributed by atoms with Crippen molar-refractivity contribution in [3.8, 4) is 5.75 Å². The molecule has 0 bridgehead atoms. The molecule has 0 radical (unpaired) electrons. The molecule has 7 heteroatoms. The van der Waals surface area contributed by atoms with E-state index >= 15 is 0 Å². The zero-order valence-corrected chi connectivity index (χ0v) is 11.6. The van der Waals surface area contributed by atoms with Crippen LogP contribution in [0.1, 0.15) is 11.1 Å². The quantitative estimate of drug-likeness (QED) is 0.383. The van der Waals surface area contributed by atoms with E-state index in [0.717, 1.165) is 5.56 Å². The first-order chi connectivity index (χ1) is 9.97. The maximum Gasteiger partial charge on any atom is 0.273 e. The number of halogens is 1. The van der Waals surface area contributed by atoms with Gasteiger partial charge < -0.3 is 10.5 Å². The van der Waals surface area contributed by atoms with Crippen LogP contribution in [0, 0.1) is 15.5 Å². The fourth-order valence-corrected chi connectivity index (χ4v) is 1.88. The highest BCUT2D eigenvalue weighted by atomic mass is 35.5. The van der Waals surface area contributed by atoms with Crippen molar-refractivity contribution in [1.82, 2.24) is 0 Å². The summed E-state index contributed by atoms with van der Waals surface area (Å²) in [4.78, 5) is 10.2. The second-order valence-corrected chi connectivity index (χ2v) is 4.68. The molecule has 0 amide bonds. The average Bonchev–Trinajstić information content (AvgIpc) is 2.46. The number of nitro benzene ring substituents is 1. The van der Waals surface area contributed by atoms with E-state index in [9.17, 15) is 10.1 Å². The lowest BCUT2D eigenvalue weighted by Crippen LogP contribution is -2.11. The molecule has 0 atom stereocenters. The van der Waals surface area contributed by atoms with E-state index in [-0.39, 0.29) is 23.9 Å². The summed E-state index contributed by atoms with van der Waals surface area (Å²) < 4.78 is 5.50. The van der Waals surface area contributed by atoms with Gasteiger partial charge in [0, 0.05) is 11.6 Å². The Morgan fingerprint density at radius 3 is 2.76 bits per heavy atom. The SMILES string of the molecule is N=C(N)c1cccc(COc2cc([N+](=O)[O-])ccc2Cl)c1. The van der Waals surface area contributed by atoms with Crippen LogP contribution in [-0.4, -0.2) is 10.8 Å². The molecule has 0 unspecified atom stereocenters. The molecule has 0 aliphatic heterocycles. The molecular weight excluding hydrogens is 294 g/mol. The number of hydrogen-bond donors (Lipinski definition) is 2. The smallest absolute Gasteiger partial charge is 0.273 e. The van der Waals surface area contributed by atoms with Gasteiger partial charge in [0.1, 0.15) is 18.2 Å². The lowest BCUT2D eigenvalue weighted by atomic mass is 10.1. The van der Waals surface area contributed by atoms with Crippen molar-refractivity contribution in [1.29, 1.82) is 5.41 Å². The van der Waals surface area contributed by atoms with Crippen LogP contribution < -0.4 is 10.5 Å². The first-order valence-electron chi connectivity index (χ1n) is 5.97. The van der Waals surface area contributed by atoms with Gasteiger partial charge in [0.25, 0.3) is 5.69 Å². The maximum absolute atomic E-state index is 10.7. The molecule has 21 heavy (non-hydrogen) atoms. The molecule has 6 nitrogen and oxygen atoms in total.